The second-order valence-corrected chi connectivity index (χ2v) is 6.32. The van der Waals surface area contributed by atoms with Crippen molar-refractivity contribution in [3.63, 3.8) is 0 Å². The minimum absolute atomic E-state index is 0.0904. The van der Waals surface area contributed by atoms with E-state index in [9.17, 15) is 0 Å². The summed E-state index contributed by atoms with van der Waals surface area (Å²) in [7, 11) is 0. The summed E-state index contributed by atoms with van der Waals surface area (Å²) in [6.45, 7) is 2.07. The van der Waals surface area contributed by atoms with Crippen molar-refractivity contribution in [3.8, 4) is 5.69 Å². The Balaban J connectivity index is 1.63. The van der Waals surface area contributed by atoms with E-state index in [1.165, 1.54) is 6.33 Å². The molecule has 7 nitrogen and oxygen atoms in total. The monoisotopic (exact) mass is 355 g/mol. The van der Waals surface area contributed by atoms with Gasteiger partial charge in [0.1, 0.15) is 17.7 Å². The summed E-state index contributed by atoms with van der Waals surface area (Å²) in [5.74, 6) is 1.59. The van der Waals surface area contributed by atoms with Gasteiger partial charge in [-0.25, -0.2) is 19.9 Å². The number of imidazole rings is 2. The van der Waals surface area contributed by atoms with E-state index in [2.05, 4.69) is 54.9 Å². The van der Waals surface area contributed by atoms with E-state index in [0.717, 1.165) is 22.5 Å². The lowest BCUT2D eigenvalue weighted by Gasteiger charge is -2.17. The molecule has 2 N–H and O–H groups in total. The molecule has 7 heteroatoms. The number of benzene rings is 2. The van der Waals surface area contributed by atoms with Crippen molar-refractivity contribution in [1.29, 1.82) is 0 Å². The van der Waals surface area contributed by atoms with Crippen LogP contribution in [0.5, 0.6) is 0 Å². The Hall–Kier alpha value is -3.74. The molecule has 0 bridgehead atoms. The number of H-pyrrole nitrogens is 1. The van der Waals surface area contributed by atoms with Gasteiger partial charge in [0.15, 0.2) is 11.5 Å². The molecule has 2 aromatic carbocycles. The maximum atomic E-state index is 4.88. The third-order valence-corrected chi connectivity index (χ3v) is 4.56. The third-order valence-electron chi connectivity index (χ3n) is 4.56. The molecule has 1 atom stereocenters. The number of rotatable bonds is 4. The predicted molar refractivity (Wildman–Crippen MR) is 105 cm³/mol. The van der Waals surface area contributed by atoms with E-state index < -0.39 is 0 Å². The summed E-state index contributed by atoms with van der Waals surface area (Å²) in [5.41, 5.74) is 4.52. The van der Waals surface area contributed by atoms with Gasteiger partial charge in [-0.2, -0.15) is 0 Å². The molecule has 27 heavy (non-hydrogen) atoms. The van der Waals surface area contributed by atoms with Crippen LogP contribution in [0.25, 0.3) is 27.9 Å². The van der Waals surface area contributed by atoms with Crippen molar-refractivity contribution in [3.05, 3.63) is 73.1 Å². The minimum Gasteiger partial charge on any atom is -0.358 e. The molecule has 3 aromatic heterocycles. The fourth-order valence-electron chi connectivity index (χ4n) is 3.32. The summed E-state index contributed by atoms with van der Waals surface area (Å²) >= 11 is 0. The highest BCUT2D eigenvalue weighted by molar-refractivity contribution is 5.82. The van der Waals surface area contributed by atoms with E-state index in [0.29, 0.717) is 17.0 Å². The molecule has 5 aromatic rings. The number of fused-ring (bicyclic) bond motifs is 2. The van der Waals surface area contributed by atoms with E-state index >= 15 is 0 Å². The first-order valence-electron chi connectivity index (χ1n) is 8.74. The van der Waals surface area contributed by atoms with E-state index in [4.69, 9.17) is 4.98 Å². The average molecular weight is 355 g/mol. The molecule has 5 rings (SSSR count). The second kappa shape index (κ2) is 6.21. The Labute approximate surface area is 155 Å². The van der Waals surface area contributed by atoms with E-state index in [1.807, 2.05) is 36.4 Å². The lowest BCUT2D eigenvalue weighted by molar-refractivity contribution is 0.769. The Morgan fingerprint density at radius 2 is 1.78 bits per heavy atom. The molecule has 3 heterocycles. The first-order chi connectivity index (χ1) is 13.3. The Morgan fingerprint density at radius 1 is 0.963 bits per heavy atom. The smallest absolute Gasteiger partial charge is 0.162 e. The van der Waals surface area contributed by atoms with Gasteiger partial charge in [0, 0.05) is 5.69 Å². The molecule has 132 valence electrons. The van der Waals surface area contributed by atoms with Crippen LogP contribution in [-0.2, 0) is 0 Å². The summed E-state index contributed by atoms with van der Waals surface area (Å²) in [6.07, 6.45) is 3.14. The Morgan fingerprint density at radius 3 is 2.67 bits per heavy atom. The number of aromatic amines is 1. The van der Waals surface area contributed by atoms with Crippen molar-refractivity contribution in [2.75, 3.05) is 5.32 Å². The Bertz CT molecular complexity index is 1220. The van der Waals surface area contributed by atoms with Gasteiger partial charge in [-0.3, -0.25) is 4.57 Å². The highest BCUT2D eigenvalue weighted by Crippen LogP contribution is 2.28. The van der Waals surface area contributed by atoms with Gasteiger partial charge in [0.25, 0.3) is 0 Å². The van der Waals surface area contributed by atoms with Crippen LogP contribution in [0, 0.1) is 0 Å². The molecule has 0 radical (unpaired) electrons. The summed E-state index contributed by atoms with van der Waals surface area (Å²) in [4.78, 5) is 20.8. The standard InChI is InChI=1S/C20H17N7/c1-13(25-19-17-18(22-11-21-17)23-12-24-19)20-26-15-9-5-6-10-16(15)27(20)14-7-3-2-4-8-14/h2-13H,1H3,(H2,21,22,23,24,25). The van der Waals surface area contributed by atoms with Crippen LogP contribution in [-0.4, -0.2) is 29.5 Å². The van der Waals surface area contributed by atoms with Gasteiger partial charge in [-0.15, -0.1) is 0 Å². The van der Waals surface area contributed by atoms with Crippen molar-refractivity contribution in [2.45, 2.75) is 13.0 Å². The third kappa shape index (κ3) is 2.60. The number of nitrogens with zero attached hydrogens (tertiary/aromatic N) is 5. The van der Waals surface area contributed by atoms with Gasteiger partial charge < -0.3 is 10.3 Å². The normalized spacial score (nSPS) is 12.5. The molecule has 0 aliphatic rings. The minimum atomic E-state index is -0.0904. The molecule has 0 saturated heterocycles. The molecule has 0 aliphatic carbocycles. The van der Waals surface area contributed by atoms with Crippen molar-refractivity contribution < 1.29 is 0 Å². The summed E-state index contributed by atoms with van der Waals surface area (Å²) in [6, 6.07) is 18.3. The fraction of sp³-hybridized carbons (Fsp3) is 0.100. The topological polar surface area (TPSA) is 84.3 Å². The molecule has 0 amide bonds. The van der Waals surface area contributed by atoms with Crippen molar-refractivity contribution in [1.82, 2.24) is 29.5 Å². The van der Waals surface area contributed by atoms with Gasteiger partial charge in [-0.1, -0.05) is 30.3 Å². The number of anilines is 1. The molecule has 0 spiro atoms. The van der Waals surface area contributed by atoms with Crippen molar-refractivity contribution >= 4 is 28.0 Å². The fourth-order valence-corrected chi connectivity index (χ4v) is 3.32. The largest absolute Gasteiger partial charge is 0.358 e. The molecular weight excluding hydrogens is 338 g/mol. The first-order valence-corrected chi connectivity index (χ1v) is 8.74. The van der Waals surface area contributed by atoms with Crippen molar-refractivity contribution in [2.24, 2.45) is 0 Å². The van der Waals surface area contributed by atoms with Gasteiger partial charge in [-0.05, 0) is 31.2 Å². The molecule has 0 fully saturated rings. The summed E-state index contributed by atoms with van der Waals surface area (Å²) in [5, 5.41) is 3.44. The molecule has 0 saturated carbocycles. The highest BCUT2D eigenvalue weighted by Gasteiger charge is 2.19. The number of hydrogen-bond donors (Lipinski definition) is 2. The van der Waals surface area contributed by atoms with E-state index in [1.54, 1.807) is 6.33 Å². The van der Waals surface area contributed by atoms with Crippen LogP contribution in [0.3, 0.4) is 0 Å². The van der Waals surface area contributed by atoms with Crippen LogP contribution >= 0.6 is 0 Å². The lowest BCUT2D eigenvalue weighted by atomic mass is 10.2. The zero-order valence-corrected chi connectivity index (χ0v) is 14.7. The number of nitrogens with one attached hydrogen (secondary N) is 2. The quantitative estimate of drug-likeness (QED) is 0.511. The van der Waals surface area contributed by atoms with Crippen LogP contribution < -0.4 is 5.32 Å². The van der Waals surface area contributed by atoms with Gasteiger partial charge >= 0.3 is 0 Å². The predicted octanol–water partition coefficient (Wildman–Crippen LogP) is 3.86. The zero-order chi connectivity index (χ0) is 18.2. The van der Waals surface area contributed by atoms with Crippen LogP contribution in [0.4, 0.5) is 5.82 Å². The second-order valence-electron chi connectivity index (χ2n) is 6.32. The number of aromatic nitrogens is 6. The first kappa shape index (κ1) is 15.5. The number of para-hydroxylation sites is 3. The Kier molecular flexibility index (Phi) is 3.57. The van der Waals surface area contributed by atoms with E-state index in [-0.39, 0.29) is 6.04 Å². The van der Waals surface area contributed by atoms with Crippen LogP contribution in [0.1, 0.15) is 18.8 Å². The maximum Gasteiger partial charge on any atom is 0.162 e. The molecule has 0 aliphatic heterocycles. The SMILES string of the molecule is CC(Nc1ncnc2[nH]cnc12)c1nc2ccccc2n1-c1ccccc1. The van der Waals surface area contributed by atoms with Crippen LogP contribution in [0.2, 0.25) is 0 Å². The summed E-state index contributed by atoms with van der Waals surface area (Å²) < 4.78 is 2.18. The van der Waals surface area contributed by atoms with Gasteiger partial charge in [0.05, 0.1) is 23.4 Å². The lowest BCUT2D eigenvalue weighted by Crippen LogP contribution is -2.14. The molecule has 1 unspecified atom stereocenters. The number of hydrogen-bond acceptors (Lipinski definition) is 5. The molecular formula is C20H17N7. The van der Waals surface area contributed by atoms with Gasteiger partial charge in [0.2, 0.25) is 0 Å². The highest BCUT2D eigenvalue weighted by atomic mass is 15.2. The maximum absolute atomic E-state index is 4.88. The average Bonchev–Trinajstić information content (AvgIpc) is 3.34. The zero-order valence-electron chi connectivity index (χ0n) is 14.7. The van der Waals surface area contributed by atoms with Crippen LogP contribution in [0.15, 0.2) is 67.3 Å².